The molecule has 1 N–H and O–H groups in total. The number of nitrogens with zero attached hydrogens (tertiary/aromatic N) is 1. The van der Waals surface area contributed by atoms with Crippen LogP contribution in [0.4, 0.5) is 5.69 Å². The molecule has 1 aromatic carbocycles. The lowest BCUT2D eigenvalue weighted by Gasteiger charge is -2.10. The van der Waals surface area contributed by atoms with Gasteiger partial charge < -0.3 is 10.1 Å². The van der Waals surface area contributed by atoms with Crippen molar-refractivity contribution in [3.8, 4) is 5.75 Å². The van der Waals surface area contributed by atoms with Crippen molar-refractivity contribution in [3.05, 3.63) is 53.3 Å². The topological polar surface area (TPSA) is 34.1 Å². The third-order valence-corrected chi connectivity index (χ3v) is 2.93. The molecule has 0 aliphatic carbocycles. The highest BCUT2D eigenvalue weighted by atomic mass is 35.5. The Hall–Kier alpha value is -1.74. The first-order chi connectivity index (χ1) is 9.29. The molecule has 1 aromatic heterocycles. The molecule has 4 heteroatoms. The smallest absolute Gasteiger partial charge is 0.138 e. The summed E-state index contributed by atoms with van der Waals surface area (Å²) in [4.78, 5) is 3.99. The first-order valence-corrected chi connectivity index (χ1v) is 6.72. The van der Waals surface area contributed by atoms with Gasteiger partial charge in [-0.3, -0.25) is 4.98 Å². The van der Waals surface area contributed by atoms with Crippen molar-refractivity contribution in [1.29, 1.82) is 0 Å². The Bertz CT molecular complexity index is 517. The van der Waals surface area contributed by atoms with Gasteiger partial charge in [-0.05, 0) is 42.3 Å². The molecule has 0 amide bonds. The number of rotatable bonds is 6. The molecule has 0 fully saturated rings. The van der Waals surface area contributed by atoms with Gasteiger partial charge in [0.15, 0.2) is 0 Å². The summed E-state index contributed by atoms with van der Waals surface area (Å²) in [6.45, 7) is 3.50. The fourth-order valence-corrected chi connectivity index (χ4v) is 1.88. The van der Waals surface area contributed by atoms with Crippen molar-refractivity contribution < 1.29 is 4.74 Å². The molecule has 0 aliphatic heterocycles. The minimum atomic E-state index is 0.633. The van der Waals surface area contributed by atoms with Crippen LogP contribution in [0.15, 0.2) is 42.7 Å². The van der Waals surface area contributed by atoms with E-state index in [1.165, 1.54) is 5.56 Å². The van der Waals surface area contributed by atoms with Gasteiger partial charge in [-0.2, -0.15) is 0 Å². The van der Waals surface area contributed by atoms with Crippen LogP contribution in [0.1, 0.15) is 18.9 Å². The van der Waals surface area contributed by atoms with E-state index < -0.39 is 0 Å². The Kier molecular flexibility index (Phi) is 5.04. The summed E-state index contributed by atoms with van der Waals surface area (Å²) < 4.78 is 5.54. The van der Waals surface area contributed by atoms with Crippen LogP contribution >= 0.6 is 11.6 Å². The molecule has 0 radical (unpaired) electrons. The fourth-order valence-electron chi connectivity index (χ4n) is 1.64. The van der Waals surface area contributed by atoms with Crippen LogP contribution in [0.5, 0.6) is 5.75 Å². The van der Waals surface area contributed by atoms with E-state index in [0.29, 0.717) is 11.6 Å². The lowest BCUT2D eigenvalue weighted by Crippen LogP contribution is -2.00. The number of pyridine rings is 1. The van der Waals surface area contributed by atoms with Gasteiger partial charge in [-0.15, -0.1) is 0 Å². The number of ether oxygens (including phenoxy) is 1. The van der Waals surface area contributed by atoms with Crippen molar-refractivity contribution in [3.63, 3.8) is 0 Å². The number of benzene rings is 1. The van der Waals surface area contributed by atoms with Crippen LogP contribution in [-0.2, 0) is 6.54 Å². The summed E-state index contributed by atoms with van der Waals surface area (Å²) in [5.74, 6) is 0.734. The summed E-state index contributed by atoms with van der Waals surface area (Å²) in [6.07, 6.45) is 4.54. The van der Waals surface area contributed by atoms with Gasteiger partial charge in [0, 0.05) is 24.6 Å². The number of hydrogen-bond donors (Lipinski definition) is 1. The first-order valence-electron chi connectivity index (χ1n) is 6.34. The SMILES string of the molecule is CCCOc1ccc(NCc2ccncc2)cc1Cl. The van der Waals surface area contributed by atoms with Crippen LogP contribution in [0.25, 0.3) is 0 Å². The Balaban J connectivity index is 1.96. The van der Waals surface area contributed by atoms with Crippen LogP contribution in [0.3, 0.4) is 0 Å². The van der Waals surface area contributed by atoms with E-state index in [0.717, 1.165) is 24.4 Å². The van der Waals surface area contributed by atoms with Crippen LogP contribution in [-0.4, -0.2) is 11.6 Å². The molecule has 3 nitrogen and oxygen atoms in total. The molecule has 0 spiro atoms. The monoisotopic (exact) mass is 276 g/mol. The van der Waals surface area contributed by atoms with Crippen molar-refractivity contribution in [2.45, 2.75) is 19.9 Å². The minimum absolute atomic E-state index is 0.633. The number of halogens is 1. The predicted octanol–water partition coefficient (Wildman–Crippen LogP) is 4.14. The lowest BCUT2D eigenvalue weighted by atomic mass is 10.2. The third kappa shape index (κ3) is 4.14. The van der Waals surface area contributed by atoms with Gasteiger partial charge in [0.1, 0.15) is 5.75 Å². The molecular formula is C15H17ClN2O. The number of hydrogen-bond acceptors (Lipinski definition) is 3. The summed E-state index contributed by atoms with van der Waals surface area (Å²) >= 11 is 6.17. The number of nitrogens with one attached hydrogen (secondary N) is 1. The zero-order chi connectivity index (χ0) is 13.5. The van der Waals surface area contributed by atoms with Crippen LogP contribution < -0.4 is 10.1 Å². The first kappa shape index (κ1) is 13.7. The molecule has 0 aliphatic rings. The van der Waals surface area contributed by atoms with E-state index in [9.17, 15) is 0 Å². The predicted molar refractivity (Wildman–Crippen MR) is 78.8 cm³/mol. The average Bonchev–Trinajstić information content (AvgIpc) is 2.45. The van der Waals surface area contributed by atoms with E-state index in [-0.39, 0.29) is 0 Å². The van der Waals surface area contributed by atoms with E-state index in [2.05, 4.69) is 17.2 Å². The second kappa shape index (κ2) is 7.00. The Morgan fingerprint density at radius 2 is 2.00 bits per heavy atom. The van der Waals surface area contributed by atoms with Gasteiger partial charge in [0.25, 0.3) is 0 Å². The molecule has 100 valence electrons. The standard InChI is InChI=1S/C15H17ClN2O/c1-2-9-19-15-4-3-13(10-14(15)16)18-11-12-5-7-17-8-6-12/h3-8,10,18H,2,9,11H2,1H3. The molecule has 0 atom stereocenters. The molecule has 0 unspecified atom stereocenters. The maximum absolute atomic E-state index is 6.17. The van der Waals surface area contributed by atoms with Crippen LogP contribution in [0, 0.1) is 0 Å². The molecule has 2 aromatic rings. The van der Waals surface area contributed by atoms with E-state index >= 15 is 0 Å². The zero-order valence-corrected chi connectivity index (χ0v) is 11.7. The summed E-state index contributed by atoms with van der Waals surface area (Å²) in [5, 5.41) is 3.95. The highest BCUT2D eigenvalue weighted by molar-refractivity contribution is 6.32. The van der Waals surface area contributed by atoms with Crippen molar-refractivity contribution >= 4 is 17.3 Å². The fraction of sp³-hybridized carbons (Fsp3) is 0.267. The molecule has 0 saturated carbocycles. The van der Waals surface area contributed by atoms with Crippen molar-refractivity contribution in [1.82, 2.24) is 4.98 Å². The Morgan fingerprint density at radius 1 is 1.21 bits per heavy atom. The molecule has 19 heavy (non-hydrogen) atoms. The van der Waals surface area contributed by atoms with Crippen LogP contribution in [0.2, 0.25) is 5.02 Å². The van der Waals surface area contributed by atoms with Crippen molar-refractivity contribution in [2.75, 3.05) is 11.9 Å². The maximum Gasteiger partial charge on any atom is 0.138 e. The minimum Gasteiger partial charge on any atom is -0.492 e. The van der Waals surface area contributed by atoms with E-state index in [4.69, 9.17) is 16.3 Å². The highest BCUT2D eigenvalue weighted by Crippen LogP contribution is 2.28. The molecular weight excluding hydrogens is 260 g/mol. The van der Waals surface area contributed by atoms with Gasteiger partial charge in [0.05, 0.1) is 11.6 Å². The maximum atomic E-state index is 6.17. The lowest BCUT2D eigenvalue weighted by molar-refractivity contribution is 0.317. The van der Waals surface area contributed by atoms with E-state index in [1.54, 1.807) is 12.4 Å². The molecule has 0 bridgehead atoms. The van der Waals surface area contributed by atoms with Crippen molar-refractivity contribution in [2.24, 2.45) is 0 Å². The van der Waals surface area contributed by atoms with Gasteiger partial charge in [0.2, 0.25) is 0 Å². The molecule has 1 heterocycles. The summed E-state index contributed by atoms with van der Waals surface area (Å²) in [5.41, 5.74) is 2.16. The Labute approximate surface area is 118 Å². The second-order valence-electron chi connectivity index (χ2n) is 4.20. The number of anilines is 1. The van der Waals surface area contributed by atoms with Gasteiger partial charge in [-0.1, -0.05) is 18.5 Å². The normalized spacial score (nSPS) is 10.2. The average molecular weight is 277 g/mol. The quantitative estimate of drug-likeness (QED) is 0.861. The largest absolute Gasteiger partial charge is 0.492 e. The summed E-state index contributed by atoms with van der Waals surface area (Å²) in [7, 11) is 0. The second-order valence-corrected chi connectivity index (χ2v) is 4.61. The number of aromatic nitrogens is 1. The van der Waals surface area contributed by atoms with Gasteiger partial charge >= 0.3 is 0 Å². The molecule has 2 rings (SSSR count). The zero-order valence-electron chi connectivity index (χ0n) is 10.9. The summed E-state index contributed by atoms with van der Waals surface area (Å²) in [6, 6.07) is 9.71. The van der Waals surface area contributed by atoms with Gasteiger partial charge in [-0.25, -0.2) is 0 Å². The Morgan fingerprint density at radius 3 is 2.68 bits per heavy atom. The highest BCUT2D eigenvalue weighted by Gasteiger charge is 2.02. The molecule has 0 saturated heterocycles. The third-order valence-electron chi connectivity index (χ3n) is 2.64. The van der Waals surface area contributed by atoms with E-state index in [1.807, 2.05) is 30.3 Å².